The largest absolute Gasteiger partial charge is 0.374 e. The summed E-state index contributed by atoms with van der Waals surface area (Å²) >= 11 is 0. The lowest BCUT2D eigenvalue weighted by Crippen LogP contribution is -2.46. The minimum atomic E-state index is 0.183. The molecule has 2 heterocycles. The van der Waals surface area contributed by atoms with E-state index in [-0.39, 0.29) is 12.1 Å². The Morgan fingerprint density at radius 2 is 2.33 bits per heavy atom. The van der Waals surface area contributed by atoms with Crippen molar-refractivity contribution in [3.63, 3.8) is 0 Å². The first-order valence-corrected chi connectivity index (χ1v) is 7.65. The molecule has 0 radical (unpaired) electrons. The molecule has 1 aliphatic rings. The fourth-order valence-corrected chi connectivity index (χ4v) is 3.09. The fourth-order valence-electron chi connectivity index (χ4n) is 3.09. The van der Waals surface area contributed by atoms with Crippen LogP contribution in [0.2, 0.25) is 0 Å². The van der Waals surface area contributed by atoms with Crippen LogP contribution in [0, 0.1) is 0 Å². The Bertz CT molecular complexity index is 596. The molecule has 0 aliphatic carbocycles. The molecule has 1 aromatic heterocycles. The summed E-state index contributed by atoms with van der Waals surface area (Å²) in [5.74, 6) is 0. The van der Waals surface area contributed by atoms with E-state index in [4.69, 9.17) is 4.74 Å². The van der Waals surface area contributed by atoms with E-state index in [0.29, 0.717) is 0 Å². The van der Waals surface area contributed by atoms with Gasteiger partial charge in [-0.2, -0.15) is 0 Å². The average molecular weight is 285 g/mol. The maximum Gasteiger partial charge on any atom is 0.0897 e. The van der Waals surface area contributed by atoms with Crippen LogP contribution >= 0.6 is 0 Å². The SMILES string of the molecule is CCNC(c1cccc2cnccc12)C1CN(C)CCO1. The highest BCUT2D eigenvalue weighted by molar-refractivity contribution is 5.85. The molecular weight excluding hydrogens is 262 g/mol. The van der Waals surface area contributed by atoms with Gasteiger partial charge >= 0.3 is 0 Å². The third-order valence-corrected chi connectivity index (χ3v) is 4.14. The van der Waals surface area contributed by atoms with Crippen molar-refractivity contribution in [2.24, 2.45) is 0 Å². The molecule has 1 saturated heterocycles. The van der Waals surface area contributed by atoms with Crippen molar-refractivity contribution in [3.8, 4) is 0 Å². The van der Waals surface area contributed by atoms with Gasteiger partial charge in [-0.15, -0.1) is 0 Å². The van der Waals surface area contributed by atoms with Crippen molar-refractivity contribution in [2.45, 2.75) is 19.1 Å². The monoisotopic (exact) mass is 285 g/mol. The summed E-state index contributed by atoms with van der Waals surface area (Å²) in [6.45, 7) is 5.84. The van der Waals surface area contributed by atoms with Crippen molar-refractivity contribution in [1.29, 1.82) is 0 Å². The molecule has 1 fully saturated rings. The van der Waals surface area contributed by atoms with E-state index in [1.165, 1.54) is 16.3 Å². The second-order valence-corrected chi connectivity index (χ2v) is 5.65. The number of fused-ring (bicyclic) bond motifs is 1. The third kappa shape index (κ3) is 3.07. The lowest BCUT2D eigenvalue weighted by molar-refractivity contribution is -0.0387. The molecule has 1 N–H and O–H groups in total. The molecule has 0 spiro atoms. The standard InChI is InChI=1S/C17H23N3O/c1-3-19-17(16-12-20(2)9-10-21-16)15-6-4-5-13-11-18-8-7-14(13)15/h4-8,11,16-17,19H,3,9-10,12H2,1-2H3. The van der Waals surface area contributed by atoms with Crippen LogP contribution in [0.25, 0.3) is 10.8 Å². The van der Waals surface area contributed by atoms with Gasteiger partial charge in [-0.25, -0.2) is 0 Å². The smallest absolute Gasteiger partial charge is 0.0897 e. The molecule has 4 heteroatoms. The number of nitrogens with one attached hydrogen (secondary N) is 1. The van der Waals surface area contributed by atoms with Gasteiger partial charge < -0.3 is 15.0 Å². The summed E-state index contributed by atoms with van der Waals surface area (Å²) in [6, 6.07) is 8.73. The van der Waals surface area contributed by atoms with E-state index in [9.17, 15) is 0 Å². The maximum absolute atomic E-state index is 6.05. The molecule has 1 aliphatic heterocycles. The highest BCUT2D eigenvalue weighted by atomic mass is 16.5. The second-order valence-electron chi connectivity index (χ2n) is 5.65. The first kappa shape index (κ1) is 14.4. The van der Waals surface area contributed by atoms with E-state index in [1.54, 1.807) is 0 Å². The number of aromatic nitrogens is 1. The number of nitrogens with zero attached hydrogens (tertiary/aromatic N) is 2. The Morgan fingerprint density at radius 1 is 1.43 bits per heavy atom. The molecule has 0 saturated carbocycles. The third-order valence-electron chi connectivity index (χ3n) is 4.14. The molecule has 112 valence electrons. The molecule has 2 aromatic rings. The van der Waals surface area contributed by atoms with Crippen molar-refractivity contribution >= 4 is 10.8 Å². The van der Waals surface area contributed by atoms with Gasteiger partial charge in [0.25, 0.3) is 0 Å². The molecule has 0 amide bonds. The average Bonchev–Trinajstić information content (AvgIpc) is 2.52. The van der Waals surface area contributed by atoms with E-state index in [2.05, 4.69) is 53.4 Å². The summed E-state index contributed by atoms with van der Waals surface area (Å²) < 4.78 is 6.05. The van der Waals surface area contributed by atoms with Gasteiger partial charge in [0.2, 0.25) is 0 Å². The number of pyridine rings is 1. The summed E-state index contributed by atoms with van der Waals surface area (Å²) in [6.07, 6.45) is 3.97. The van der Waals surface area contributed by atoms with Crippen LogP contribution in [0.15, 0.2) is 36.7 Å². The lowest BCUT2D eigenvalue weighted by Gasteiger charge is -2.36. The first-order chi connectivity index (χ1) is 10.3. The Hall–Kier alpha value is -1.49. The van der Waals surface area contributed by atoms with Crippen LogP contribution in [0.3, 0.4) is 0 Å². The summed E-state index contributed by atoms with van der Waals surface area (Å²) in [4.78, 5) is 6.56. The van der Waals surface area contributed by atoms with Crippen LogP contribution in [-0.4, -0.2) is 49.3 Å². The Morgan fingerprint density at radius 3 is 3.14 bits per heavy atom. The zero-order valence-electron chi connectivity index (χ0n) is 12.7. The number of hydrogen-bond acceptors (Lipinski definition) is 4. The van der Waals surface area contributed by atoms with Gasteiger partial charge in [0.1, 0.15) is 0 Å². The molecule has 2 unspecified atom stereocenters. The highest BCUT2D eigenvalue weighted by Crippen LogP contribution is 2.28. The van der Waals surface area contributed by atoms with E-state index >= 15 is 0 Å². The predicted molar refractivity (Wildman–Crippen MR) is 85.4 cm³/mol. The number of hydrogen-bond donors (Lipinski definition) is 1. The number of ether oxygens (including phenoxy) is 1. The number of likely N-dealkylation sites (N-methyl/N-ethyl adjacent to an activating group) is 2. The van der Waals surface area contributed by atoms with Crippen LogP contribution < -0.4 is 5.32 Å². The molecule has 1 aromatic carbocycles. The summed E-state index contributed by atoms with van der Waals surface area (Å²) in [5, 5.41) is 6.05. The predicted octanol–water partition coefficient (Wildman–Crippen LogP) is 2.22. The van der Waals surface area contributed by atoms with Gasteiger partial charge in [-0.1, -0.05) is 25.1 Å². The van der Waals surface area contributed by atoms with Crippen molar-refractivity contribution < 1.29 is 4.74 Å². The molecule has 3 rings (SSSR count). The molecule has 21 heavy (non-hydrogen) atoms. The molecule has 4 nitrogen and oxygen atoms in total. The summed E-state index contributed by atoms with van der Waals surface area (Å²) in [5.41, 5.74) is 1.30. The Kier molecular flexibility index (Phi) is 4.48. The quantitative estimate of drug-likeness (QED) is 0.934. The number of benzene rings is 1. The zero-order chi connectivity index (χ0) is 14.7. The van der Waals surface area contributed by atoms with Gasteiger partial charge in [-0.3, -0.25) is 4.98 Å². The highest BCUT2D eigenvalue weighted by Gasteiger charge is 2.28. The number of rotatable bonds is 4. The topological polar surface area (TPSA) is 37.4 Å². The maximum atomic E-state index is 6.05. The first-order valence-electron chi connectivity index (χ1n) is 7.65. The minimum absolute atomic E-state index is 0.183. The van der Waals surface area contributed by atoms with Gasteiger partial charge in [0.05, 0.1) is 18.8 Å². The summed E-state index contributed by atoms with van der Waals surface area (Å²) in [7, 11) is 2.16. The number of morpholine rings is 1. The van der Waals surface area contributed by atoms with Gasteiger partial charge in [-0.05, 0) is 30.6 Å². The van der Waals surface area contributed by atoms with Crippen LogP contribution in [0.5, 0.6) is 0 Å². The van der Waals surface area contributed by atoms with Gasteiger partial charge in [0, 0.05) is 30.9 Å². The van der Waals surface area contributed by atoms with Crippen molar-refractivity contribution in [2.75, 3.05) is 33.3 Å². The second kappa shape index (κ2) is 6.52. The van der Waals surface area contributed by atoms with E-state index < -0.39 is 0 Å². The fraction of sp³-hybridized carbons (Fsp3) is 0.471. The van der Waals surface area contributed by atoms with Crippen molar-refractivity contribution in [3.05, 3.63) is 42.2 Å². The van der Waals surface area contributed by atoms with E-state index in [1.807, 2.05) is 12.4 Å². The molecule has 0 bridgehead atoms. The Balaban J connectivity index is 1.98. The van der Waals surface area contributed by atoms with Crippen LogP contribution in [0.4, 0.5) is 0 Å². The van der Waals surface area contributed by atoms with Crippen molar-refractivity contribution in [1.82, 2.24) is 15.2 Å². The Labute approximate surface area is 126 Å². The lowest BCUT2D eigenvalue weighted by atomic mass is 9.95. The van der Waals surface area contributed by atoms with Gasteiger partial charge in [0.15, 0.2) is 0 Å². The van der Waals surface area contributed by atoms with E-state index in [0.717, 1.165) is 26.2 Å². The zero-order valence-corrected chi connectivity index (χ0v) is 12.7. The normalized spacial score (nSPS) is 21.5. The molecular formula is C17H23N3O. The minimum Gasteiger partial charge on any atom is -0.374 e. The molecule has 2 atom stereocenters. The van der Waals surface area contributed by atoms with Crippen LogP contribution in [-0.2, 0) is 4.74 Å². The van der Waals surface area contributed by atoms with Crippen LogP contribution in [0.1, 0.15) is 18.5 Å².